The first-order chi connectivity index (χ1) is 8.02. The molecule has 0 N–H and O–H groups in total. The van der Waals surface area contributed by atoms with Gasteiger partial charge < -0.3 is 19.2 Å². The van der Waals surface area contributed by atoms with Crippen molar-refractivity contribution < 1.29 is 40.0 Å². The summed E-state index contributed by atoms with van der Waals surface area (Å²) in [7, 11) is 9.87. The van der Waals surface area contributed by atoms with Crippen molar-refractivity contribution in [3.05, 3.63) is 12.8 Å². The molecule has 0 amide bonds. The van der Waals surface area contributed by atoms with Crippen LogP contribution in [0.3, 0.4) is 0 Å². The molecule has 2 rings (SSSR count). The summed E-state index contributed by atoms with van der Waals surface area (Å²) in [5.41, 5.74) is 0. The van der Waals surface area contributed by atoms with E-state index in [0.29, 0.717) is 25.7 Å². The molecule has 0 heterocycles. The molecule has 0 spiro atoms. The predicted molar refractivity (Wildman–Crippen MR) is 58.8 cm³/mol. The molecule has 0 atom stereocenters. The molecule has 4 nitrogen and oxygen atoms in total. The molecule has 2 fully saturated rings. The van der Waals surface area contributed by atoms with Crippen molar-refractivity contribution in [2.24, 2.45) is 0 Å². The third-order valence-electron chi connectivity index (χ3n) is 1.95. The van der Waals surface area contributed by atoms with E-state index in [-0.39, 0.29) is 23.1 Å². The fourth-order valence-corrected chi connectivity index (χ4v) is 1.14. The van der Waals surface area contributed by atoms with Crippen LogP contribution in [0.25, 0.3) is 0 Å². The zero-order valence-electron chi connectivity index (χ0n) is 8.87. The molecule has 92 valence electrons. The molecule has 0 aromatic carbocycles. The average molecular weight is 356 g/mol. The second kappa shape index (κ2) is 9.87. The minimum absolute atomic E-state index is 0.236. The normalized spacial score (nSPS) is 17.1. The number of Topliss-reactive ketones (excluding diaryl/α,β-unsaturated/α-hetero) is 4. The number of hydrogen-bond acceptors (Lipinski definition) is 4. The Kier molecular flexibility index (Phi) is 9.80. The standard InChI is InChI=1S/2C5H5O2.2ClH.Zr/c2*6-4-2-1-3-5(4)7;;;/h2*2H,1,3H2;2*1H;/q2*-1;;;+4/p-2. The van der Waals surface area contributed by atoms with E-state index in [0.717, 1.165) is 0 Å². The molecule has 7 heteroatoms. The molecule has 0 aliphatic heterocycles. The molecule has 2 saturated carbocycles. The summed E-state index contributed by atoms with van der Waals surface area (Å²) in [5.74, 6) is -1.08. The van der Waals surface area contributed by atoms with Crippen LogP contribution in [0.2, 0.25) is 0 Å². The molecule has 0 unspecified atom stereocenters. The Hall–Kier alpha value is -0.117. The first-order valence-electron chi connectivity index (χ1n) is 4.80. The van der Waals surface area contributed by atoms with Crippen LogP contribution in [0, 0.1) is 12.8 Å². The van der Waals surface area contributed by atoms with Gasteiger partial charge in [0.2, 0.25) is 0 Å². The van der Waals surface area contributed by atoms with E-state index < -0.39 is 20.8 Å². The first kappa shape index (κ1) is 16.9. The van der Waals surface area contributed by atoms with Crippen molar-refractivity contribution in [2.75, 3.05) is 0 Å². The van der Waals surface area contributed by atoms with Gasteiger partial charge in [-0.05, 0) is 0 Å². The molecule has 2 aliphatic carbocycles. The van der Waals surface area contributed by atoms with Crippen molar-refractivity contribution in [3.63, 3.8) is 0 Å². The van der Waals surface area contributed by atoms with Gasteiger partial charge in [-0.3, -0.25) is 0 Å². The van der Waals surface area contributed by atoms with E-state index in [2.05, 4.69) is 0 Å². The van der Waals surface area contributed by atoms with Gasteiger partial charge in [0, 0.05) is 11.6 Å². The molecule has 2 aliphatic rings. The fourth-order valence-electron chi connectivity index (χ4n) is 1.14. The van der Waals surface area contributed by atoms with Gasteiger partial charge in [0.1, 0.15) is 0 Å². The number of rotatable bonds is 0. The fraction of sp³-hybridized carbons (Fsp3) is 0.400. The number of carbonyl (C=O) groups excluding carboxylic acids is 4. The molecule has 0 bridgehead atoms. The van der Waals surface area contributed by atoms with Gasteiger partial charge in [-0.25, -0.2) is 0 Å². The molecule has 0 radical (unpaired) electrons. The van der Waals surface area contributed by atoms with Gasteiger partial charge in [-0.2, -0.15) is 12.8 Å². The summed E-state index contributed by atoms with van der Waals surface area (Å²) in [4.78, 5) is 40.7. The Balaban J connectivity index is 0.000000247. The van der Waals surface area contributed by atoms with Crippen LogP contribution in [0.15, 0.2) is 0 Å². The van der Waals surface area contributed by atoms with E-state index in [9.17, 15) is 19.2 Å². The summed E-state index contributed by atoms with van der Waals surface area (Å²) in [6.45, 7) is 0. The number of halogens is 2. The van der Waals surface area contributed by atoms with Gasteiger partial charge in [-0.15, -0.1) is 12.8 Å². The second-order valence-corrected chi connectivity index (χ2v) is 6.86. The van der Waals surface area contributed by atoms with Crippen LogP contribution in [0.1, 0.15) is 25.7 Å². The Morgan fingerprint density at radius 1 is 0.824 bits per heavy atom. The quantitative estimate of drug-likeness (QED) is 0.489. The predicted octanol–water partition coefficient (Wildman–Crippen LogP) is 1.62. The van der Waals surface area contributed by atoms with Gasteiger partial charge >= 0.3 is 37.9 Å². The number of ketones is 4. The molecular weight excluding hydrogens is 346 g/mol. The van der Waals surface area contributed by atoms with Gasteiger partial charge in [0.05, 0.1) is 11.6 Å². The van der Waals surface area contributed by atoms with Crippen molar-refractivity contribution >= 4 is 40.2 Å². The zero-order valence-corrected chi connectivity index (χ0v) is 12.8. The monoisotopic (exact) mass is 354 g/mol. The SMILES string of the molecule is O=C1[CH-]CCC1=O.O=C1[CH-]CCC1=O.[Cl][Zr+2][Cl]. The van der Waals surface area contributed by atoms with Crippen LogP contribution in [-0.4, -0.2) is 23.1 Å². The second-order valence-electron chi connectivity index (χ2n) is 3.13. The summed E-state index contributed by atoms with van der Waals surface area (Å²) < 4.78 is 0. The number of hydrogen-bond donors (Lipinski definition) is 0. The number of carbonyl (C=O) groups is 4. The Bertz CT molecular complexity index is 259. The Labute approximate surface area is 118 Å². The molecule has 17 heavy (non-hydrogen) atoms. The van der Waals surface area contributed by atoms with Gasteiger partial charge in [0.15, 0.2) is 0 Å². The van der Waals surface area contributed by atoms with E-state index in [1.54, 1.807) is 0 Å². The minimum atomic E-state index is -0.826. The maximum atomic E-state index is 10.2. The van der Waals surface area contributed by atoms with Crippen molar-refractivity contribution in [1.29, 1.82) is 0 Å². The zero-order chi connectivity index (χ0) is 13.3. The summed E-state index contributed by atoms with van der Waals surface area (Å²) in [5, 5.41) is 0. The topological polar surface area (TPSA) is 68.3 Å². The van der Waals surface area contributed by atoms with Crippen LogP contribution in [0.5, 0.6) is 0 Å². The van der Waals surface area contributed by atoms with E-state index in [1.807, 2.05) is 0 Å². The van der Waals surface area contributed by atoms with Crippen LogP contribution < -0.4 is 0 Å². The third kappa shape index (κ3) is 7.74. The third-order valence-corrected chi connectivity index (χ3v) is 1.95. The van der Waals surface area contributed by atoms with Gasteiger partial charge in [0.25, 0.3) is 0 Å². The molecule has 0 aromatic heterocycles. The summed E-state index contributed by atoms with van der Waals surface area (Å²) in [6, 6.07) is 0. The van der Waals surface area contributed by atoms with Crippen molar-refractivity contribution in [2.45, 2.75) is 25.7 Å². The van der Waals surface area contributed by atoms with Crippen LogP contribution >= 0.6 is 17.0 Å². The average Bonchev–Trinajstić information content (AvgIpc) is 2.81. The molecular formula is C10H10Cl2O4Zr. The van der Waals surface area contributed by atoms with E-state index in [4.69, 9.17) is 17.0 Å². The van der Waals surface area contributed by atoms with Crippen molar-refractivity contribution in [3.8, 4) is 0 Å². The van der Waals surface area contributed by atoms with Crippen LogP contribution in [0.4, 0.5) is 0 Å². The summed E-state index contributed by atoms with van der Waals surface area (Å²) >= 11 is -0.826. The first-order valence-corrected chi connectivity index (χ1v) is 11.1. The van der Waals surface area contributed by atoms with Gasteiger partial charge in [-0.1, -0.05) is 12.8 Å². The Morgan fingerprint density at radius 3 is 1.18 bits per heavy atom. The Morgan fingerprint density at radius 2 is 1.12 bits per heavy atom. The van der Waals surface area contributed by atoms with E-state index >= 15 is 0 Å². The summed E-state index contributed by atoms with van der Waals surface area (Å²) in [6.07, 6.45) is 5.03. The molecule has 0 aromatic rings. The van der Waals surface area contributed by atoms with Crippen molar-refractivity contribution in [1.82, 2.24) is 0 Å². The van der Waals surface area contributed by atoms with Crippen LogP contribution in [-0.2, 0) is 40.0 Å². The van der Waals surface area contributed by atoms with E-state index in [1.165, 1.54) is 12.8 Å². The maximum absolute atomic E-state index is 10.2. The molecule has 0 saturated heterocycles.